The molecule has 0 fully saturated rings. The SMILES string of the molecule is Cc1ccc(C(N)C(=O)NN)cc1C. The molecular weight excluding hydrogens is 178 g/mol. The lowest BCUT2D eigenvalue weighted by Gasteiger charge is -2.11. The maximum Gasteiger partial charge on any atom is 0.255 e. The Morgan fingerprint density at radius 2 is 2.00 bits per heavy atom. The summed E-state index contributed by atoms with van der Waals surface area (Å²) < 4.78 is 0. The summed E-state index contributed by atoms with van der Waals surface area (Å²) >= 11 is 0. The van der Waals surface area contributed by atoms with Gasteiger partial charge >= 0.3 is 0 Å². The van der Waals surface area contributed by atoms with Crippen LogP contribution in [-0.2, 0) is 4.79 Å². The van der Waals surface area contributed by atoms with Crippen molar-refractivity contribution in [3.63, 3.8) is 0 Å². The molecule has 1 rings (SSSR count). The van der Waals surface area contributed by atoms with E-state index in [0.29, 0.717) is 0 Å². The lowest BCUT2D eigenvalue weighted by molar-refractivity contribution is -0.122. The van der Waals surface area contributed by atoms with Crippen LogP contribution in [0, 0.1) is 13.8 Å². The largest absolute Gasteiger partial charge is 0.316 e. The summed E-state index contributed by atoms with van der Waals surface area (Å²) in [7, 11) is 0. The van der Waals surface area contributed by atoms with Crippen molar-refractivity contribution in [2.45, 2.75) is 19.9 Å². The minimum atomic E-state index is -0.695. The standard InChI is InChI=1S/C10H15N3O/c1-6-3-4-8(5-7(6)2)9(11)10(14)13-12/h3-5,9H,11-12H2,1-2H3,(H,13,14). The molecule has 1 atom stereocenters. The van der Waals surface area contributed by atoms with Crippen LogP contribution in [0.5, 0.6) is 0 Å². The van der Waals surface area contributed by atoms with E-state index in [2.05, 4.69) is 0 Å². The van der Waals surface area contributed by atoms with Crippen molar-refractivity contribution >= 4 is 5.91 Å². The number of hydrazine groups is 1. The van der Waals surface area contributed by atoms with Crippen molar-refractivity contribution in [3.05, 3.63) is 34.9 Å². The van der Waals surface area contributed by atoms with Crippen LogP contribution in [0.2, 0.25) is 0 Å². The van der Waals surface area contributed by atoms with Crippen molar-refractivity contribution in [2.75, 3.05) is 0 Å². The lowest BCUT2D eigenvalue weighted by Crippen LogP contribution is -2.38. The van der Waals surface area contributed by atoms with Crippen molar-refractivity contribution in [1.29, 1.82) is 0 Å². The zero-order valence-electron chi connectivity index (χ0n) is 8.37. The first-order chi connectivity index (χ1) is 6.56. The Labute approximate surface area is 83.3 Å². The molecule has 0 radical (unpaired) electrons. The van der Waals surface area contributed by atoms with Crippen molar-refractivity contribution in [2.24, 2.45) is 11.6 Å². The lowest BCUT2D eigenvalue weighted by atomic mass is 10.0. The van der Waals surface area contributed by atoms with Gasteiger partial charge in [0.1, 0.15) is 6.04 Å². The van der Waals surface area contributed by atoms with E-state index in [1.54, 1.807) is 0 Å². The molecule has 4 nitrogen and oxygen atoms in total. The molecule has 0 heterocycles. The minimum Gasteiger partial charge on any atom is -0.316 e. The van der Waals surface area contributed by atoms with Gasteiger partial charge in [-0.1, -0.05) is 18.2 Å². The maximum absolute atomic E-state index is 11.1. The Morgan fingerprint density at radius 1 is 1.36 bits per heavy atom. The van der Waals surface area contributed by atoms with Gasteiger partial charge < -0.3 is 5.73 Å². The van der Waals surface area contributed by atoms with Gasteiger partial charge in [0.2, 0.25) is 0 Å². The van der Waals surface area contributed by atoms with E-state index in [0.717, 1.165) is 11.1 Å². The quantitative estimate of drug-likeness (QED) is 0.359. The monoisotopic (exact) mass is 193 g/mol. The number of rotatable bonds is 2. The predicted molar refractivity (Wildman–Crippen MR) is 55.2 cm³/mol. The van der Waals surface area contributed by atoms with Crippen LogP contribution in [0.1, 0.15) is 22.7 Å². The van der Waals surface area contributed by atoms with Crippen LogP contribution in [0.3, 0.4) is 0 Å². The summed E-state index contributed by atoms with van der Waals surface area (Å²) in [6.45, 7) is 3.99. The first kappa shape index (κ1) is 10.7. The van der Waals surface area contributed by atoms with Gasteiger partial charge in [0, 0.05) is 0 Å². The predicted octanol–water partition coefficient (Wildman–Crippen LogP) is 0.293. The molecule has 1 unspecified atom stereocenters. The highest BCUT2D eigenvalue weighted by Gasteiger charge is 2.14. The van der Waals surface area contributed by atoms with E-state index in [1.807, 2.05) is 37.5 Å². The summed E-state index contributed by atoms with van der Waals surface area (Å²) in [5.74, 6) is 4.62. The summed E-state index contributed by atoms with van der Waals surface area (Å²) in [6, 6.07) is 4.98. The first-order valence-electron chi connectivity index (χ1n) is 4.39. The van der Waals surface area contributed by atoms with Gasteiger partial charge in [0.25, 0.3) is 5.91 Å². The molecular formula is C10H15N3O. The van der Waals surface area contributed by atoms with Crippen LogP contribution >= 0.6 is 0 Å². The highest BCUT2D eigenvalue weighted by atomic mass is 16.2. The van der Waals surface area contributed by atoms with Gasteiger partial charge in [0.05, 0.1) is 0 Å². The topological polar surface area (TPSA) is 81.1 Å². The summed E-state index contributed by atoms with van der Waals surface area (Å²) in [6.07, 6.45) is 0. The molecule has 0 aliphatic heterocycles. The molecule has 5 N–H and O–H groups in total. The third-order valence-corrected chi connectivity index (χ3v) is 2.31. The van der Waals surface area contributed by atoms with Crippen LogP contribution in [-0.4, -0.2) is 5.91 Å². The molecule has 0 bridgehead atoms. The Morgan fingerprint density at radius 3 is 2.50 bits per heavy atom. The van der Waals surface area contributed by atoms with E-state index in [9.17, 15) is 4.79 Å². The fraction of sp³-hybridized carbons (Fsp3) is 0.300. The number of benzene rings is 1. The fourth-order valence-corrected chi connectivity index (χ4v) is 1.20. The van der Waals surface area contributed by atoms with Gasteiger partial charge in [-0.05, 0) is 30.5 Å². The highest BCUT2D eigenvalue weighted by Crippen LogP contribution is 2.15. The molecule has 0 aliphatic rings. The van der Waals surface area contributed by atoms with E-state index in [1.165, 1.54) is 5.56 Å². The minimum absolute atomic E-state index is 0.381. The molecule has 0 aromatic heterocycles. The normalized spacial score (nSPS) is 12.3. The van der Waals surface area contributed by atoms with Crippen molar-refractivity contribution in [3.8, 4) is 0 Å². The Bertz CT molecular complexity index is 349. The van der Waals surface area contributed by atoms with Gasteiger partial charge in [-0.25, -0.2) is 5.84 Å². The third-order valence-electron chi connectivity index (χ3n) is 2.31. The van der Waals surface area contributed by atoms with Gasteiger partial charge in [-0.3, -0.25) is 10.2 Å². The number of hydrogen-bond acceptors (Lipinski definition) is 3. The number of hydrogen-bond donors (Lipinski definition) is 3. The molecule has 1 aromatic carbocycles. The number of nitrogens with one attached hydrogen (secondary N) is 1. The van der Waals surface area contributed by atoms with Crippen molar-refractivity contribution in [1.82, 2.24) is 5.43 Å². The van der Waals surface area contributed by atoms with Gasteiger partial charge in [0.15, 0.2) is 0 Å². The Kier molecular flexibility index (Phi) is 3.22. The summed E-state index contributed by atoms with van der Waals surface area (Å²) in [5, 5.41) is 0. The molecule has 0 aliphatic carbocycles. The molecule has 1 aromatic rings. The number of carbonyl (C=O) groups excluding carboxylic acids is 1. The van der Waals surface area contributed by atoms with Gasteiger partial charge in [-0.15, -0.1) is 0 Å². The molecule has 0 spiro atoms. The van der Waals surface area contributed by atoms with Crippen LogP contribution in [0.15, 0.2) is 18.2 Å². The smallest absolute Gasteiger partial charge is 0.255 e. The van der Waals surface area contributed by atoms with E-state index >= 15 is 0 Å². The van der Waals surface area contributed by atoms with E-state index < -0.39 is 6.04 Å². The van der Waals surface area contributed by atoms with E-state index in [4.69, 9.17) is 11.6 Å². The van der Waals surface area contributed by atoms with Crippen LogP contribution in [0.4, 0.5) is 0 Å². The van der Waals surface area contributed by atoms with Crippen molar-refractivity contribution < 1.29 is 4.79 Å². The third kappa shape index (κ3) is 2.10. The van der Waals surface area contributed by atoms with Crippen LogP contribution < -0.4 is 17.0 Å². The molecule has 76 valence electrons. The molecule has 1 amide bonds. The zero-order valence-corrected chi connectivity index (χ0v) is 8.37. The number of aryl methyl sites for hydroxylation is 2. The second kappa shape index (κ2) is 4.21. The highest BCUT2D eigenvalue weighted by molar-refractivity contribution is 5.82. The second-order valence-electron chi connectivity index (χ2n) is 3.33. The fourth-order valence-electron chi connectivity index (χ4n) is 1.20. The average molecular weight is 193 g/mol. The first-order valence-corrected chi connectivity index (χ1v) is 4.39. The average Bonchev–Trinajstić information content (AvgIpc) is 2.20. The number of carbonyl (C=O) groups is 1. The van der Waals surface area contributed by atoms with Crippen LogP contribution in [0.25, 0.3) is 0 Å². The Balaban J connectivity index is 2.96. The second-order valence-corrected chi connectivity index (χ2v) is 3.33. The maximum atomic E-state index is 11.1. The zero-order chi connectivity index (χ0) is 10.7. The summed E-state index contributed by atoms with van der Waals surface area (Å²) in [5.41, 5.74) is 10.8. The number of nitrogens with two attached hydrogens (primary N) is 2. The summed E-state index contributed by atoms with van der Waals surface area (Å²) in [4.78, 5) is 11.1. The van der Waals surface area contributed by atoms with Gasteiger partial charge in [-0.2, -0.15) is 0 Å². The molecule has 0 saturated heterocycles. The molecule has 14 heavy (non-hydrogen) atoms. The molecule has 4 heteroatoms. The number of amides is 1. The Hall–Kier alpha value is -1.39. The molecule has 0 saturated carbocycles. The van der Waals surface area contributed by atoms with E-state index in [-0.39, 0.29) is 5.91 Å².